The Morgan fingerprint density at radius 1 is 1.00 bits per heavy atom. The van der Waals surface area contributed by atoms with Crippen LogP contribution in [0.5, 0.6) is 0 Å². The summed E-state index contributed by atoms with van der Waals surface area (Å²) >= 11 is 5.85. The molecule has 0 N–H and O–H groups in total. The first-order valence-electron chi connectivity index (χ1n) is 8.69. The highest BCUT2D eigenvalue weighted by Crippen LogP contribution is 2.31. The first-order valence-corrected chi connectivity index (χ1v) is 10.5. The van der Waals surface area contributed by atoms with Crippen LogP contribution in [0.4, 0.5) is 0 Å². The first kappa shape index (κ1) is 18.2. The smallest absolute Gasteiger partial charge is 0.243 e. The Morgan fingerprint density at radius 2 is 1.67 bits per heavy atom. The highest BCUT2D eigenvalue weighted by atomic mass is 35.5. The number of piperidine rings is 1. The maximum absolute atomic E-state index is 12.8. The molecular formula is C19H18ClN3O3S. The van der Waals surface area contributed by atoms with Crippen LogP contribution in [0.3, 0.4) is 0 Å². The zero-order valence-corrected chi connectivity index (χ0v) is 16.0. The molecule has 0 aliphatic carbocycles. The lowest BCUT2D eigenvalue weighted by molar-refractivity contribution is 0.271. The average Bonchev–Trinajstić information content (AvgIpc) is 3.19. The van der Waals surface area contributed by atoms with Gasteiger partial charge in [0.2, 0.25) is 21.7 Å². The van der Waals surface area contributed by atoms with Crippen molar-refractivity contribution in [1.82, 2.24) is 14.4 Å². The molecule has 4 rings (SSSR count). The highest BCUT2D eigenvalue weighted by Gasteiger charge is 2.32. The molecule has 8 heteroatoms. The van der Waals surface area contributed by atoms with Gasteiger partial charge in [0.15, 0.2) is 0 Å². The summed E-state index contributed by atoms with van der Waals surface area (Å²) in [5.74, 6) is 1.19. The van der Waals surface area contributed by atoms with E-state index in [0.29, 0.717) is 42.7 Å². The second-order valence-corrected chi connectivity index (χ2v) is 8.83. The molecule has 2 aromatic carbocycles. The minimum absolute atomic E-state index is 0.0617. The quantitative estimate of drug-likeness (QED) is 0.659. The van der Waals surface area contributed by atoms with Crippen molar-refractivity contribution in [2.75, 3.05) is 13.1 Å². The lowest BCUT2D eigenvalue weighted by Gasteiger charge is -2.29. The summed E-state index contributed by atoms with van der Waals surface area (Å²) in [5, 5.41) is 4.57. The van der Waals surface area contributed by atoms with E-state index < -0.39 is 10.0 Å². The van der Waals surface area contributed by atoms with Gasteiger partial charge in [0.1, 0.15) is 0 Å². The molecule has 0 unspecified atom stereocenters. The molecule has 3 aromatic rings. The number of halogens is 1. The van der Waals surface area contributed by atoms with E-state index in [1.54, 1.807) is 12.1 Å². The van der Waals surface area contributed by atoms with Gasteiger partial charge >= 0.3 is 0 Å². The molecule has 0 radical (unpaired) electrons. The van der Waals surface area contributed by atoms with Gasteiger partial charge in [-0.1, -0.05) is 47.1 Å². The summed E-state index contributed by atoms with van der Waals surface area (Å²) in [7, 11) is -3.51. The molecule has 0 spiro atoms. The third-order valence-electron chi connectivity index (χ3n) is 4.73. The average molecular weight is 404 g/mol. The molecular weight excluding hydrogens is 386 g/mol. The summed E-state index contributed by atoms with van der Waals surface area (Å²) in [4.78, 5) is 4.76. The lowest BCUT2D eigenvalue weighted by atomic mass is 9.98. The van der Waals surface area contributed by atoms with Crippen LogP contribution < -0.4 is 0 Å². The third-order valence-corrected chi connectivity index (χ3v) is 6.89. The summed E-state index contributed by atoms with van der Waals surface area (Å²) in [6.07, 6.45) is 1.28. The van der Waals surface area contributed by atoms with Crippen LogP contribution in [-0.2, 0) is 10.0 Å². The predicted molar refractivity (Wildman–Crippen MR) is 102 cm³/mol. The second kappa shape index (κ2) is 7.42. The zero-order chi connectivity index (χ0) is 18.9. The molecule has 1 aromatic heterocycles. The Labute approximate surface area is 162 Å². The van der Waals surface area contributed by atoms with E-state index in [-0.39, 0.29) is 10.8 Å². The molecule has 0 bridgehead atoms. The molecule has 0 atom stereocenters. The molecule has 27 heavy (non-hydrogen) atoms. The van der Waals surface area contributed by atoms with Crippen LogP contribution in [0, 0.1) is 0 Å². The largest absolute Gasteiger partial charge is 0.339 e. The monoisotopic (exact) mass is 403 g/mol. The lowest BCUT2D eigenvalue weighted by Crippen LogP contribution is -2.37. The minimum Gasteiger partial charge on any atom is -0.339 e. The first-order chi connectivity index (χ1) is 13.0. The molecule has 0 amide bonds. The number of aromatic nitrogens is 2. The fraction of sp³-hybridized carbons (Fsp3) is 0.263. The van der Waals surface area contributed by atoms with Crippen molar-refractivity contribution in [3.8, 4) is 11.4 Å². The van der Waals surface area contributed by atoms with Gasteiger partial charge in [0, 0.05) is 29.6 Å². The normalized spacial score (nSPS) is 16.5. The second-order valence-electron chi connectivity index (χ2n) is 6.45. The summed E-state index contributed by atoms with van der Waals surface area (Å²) < 4.78 is 32.5. The number of hydrogen-bond acceptors (Lipinski definition) is 5. The predicted octanol–water partition coefficient (Wildman–Crippen LogP) is 3.96. The van der Waals surface area contributed by atoms with Gasteiger partial charge < -0.3 is 4.52 Å². The van der Waals surface area contributed by atoms with E-state index in [4.69, 9.17) is 16.1 Å². The van der Waals surface area contributed by atoms with E-state index >= 15 is 0 Å². The van der Waals surface area contributed by atoms with Gasteiger partial charge in [-0.25, -0.2) is 8.42 Å². The SMILES string of the molecule is O=S(=O)(c1ccc(Cl)cc1)N1CCC(c2nc(-c3ccccc3)no2)CC1. The third kappa shape index (κ3) is 3.76. The van der Waals surface area contributed by atoms with E-state index in [1.807, 2.05) is 30.3 Å². The van der Waals surface area contributed by atoms with E-state index in [2.05, 4.69) is 10.1 Å². The molecule has 1 aliphatic rings. The topological polar surface area (TPSA) is 76.3 Å². The maximum Gasteiger partial charge on any atom is 0.243 e. The standard InChI is InChI=1S/C19H18ClN3O3S/c20-16-6-8-17(9-7-16)27(24,25)23-12-10-15(11-13-23)19-21-18(22-26-19)14-4-2-1-3-5-14/h1-9,15H,10-13H2. The Hall–Kier alpha value is -2.22. The Bertz CT molecular complexity index is 1010. The maximum atomic E-state index is 12.8. The number of sulfonamides is 1. The Balaban J connectivity index is 1.45. The molecule has 1 saturated heterocycles. The zero-order valence-electron chi connectivity index (χ0n) is 14.5. The minimum atomic E-state index is -3.51. The van der Waals surface area contributed by atoms with Gasteiger partial charge in [-0.05, 0) is 37.1 Å². The van der Waals surface area contributed by atoms with Crippen LogP contribution in [0.15, 0.2) is 64.0 Å². The molecule has 1 fully saturated rings. The van der Waals surface area contributed by atoms with Crippen LogP contribution in [0.25, 0.3) is 11.4 Å². The summed E-state index contributed by atoms with van der Waals surface area (Å²) in [6.45, 7) is 0.831. The molecule has 6 nitrogen and oxygen atoms in total. The number of rotatable bonds is 4. The van der Waals surface area contributed by atoms with Crippen LogP contribution in [0.2, 0.25) is 5.02 Å². The van der Waals surface area contributed by atoms with Crippen molar-refractivity contribution in [2.24, 2.45) is 0 Å². The summed E-state index contributed by atoms with van der Waals surface area (Å²) in [5.41, 5.74) is 0.898. The molecule has 0 saturated carbocycles. The van der Waals surface area contributed by atoms with Gasteiger partial charge in [-0.15, -0.1) is 0 Å². The Morgan fingerprint density at radius 3 is 2.33 bits per heavy atom. The summed E-state index contributed by atoms with van der Waals surface area (Å²) in [6, 6.07) is 15.9. The van der Waals surface area contributed by atoms with E-state index in [9.17, 15) is 8.42 Å². The van der Waals surface area contributed by atoms with Gasteiger partial charge in [0.25, 0.3) is 0 Å². The van der Waals surface area contributed by atoms with Crippen molar-refractivity contribution in [2.45, 2.75) is 23.7 Å². The van der Waals surface area contributed by atoms with Gasteiger partial charge in [-0.3, -0.25) is 0 Å². The van der Waals surface area contributed by atoms with Crippen molar-refractivity contribution in [1.29, 1.82) is 0 Å². The number of nitrogens with zero attached hydrogens (tertiary/aromatic N) is 3. The highest BCUT2D eigenvalue weighted by molar-refractivity contribution is 7.89. The van der Waals surface area contributed by atoms with E-state index in [0.717, 1.165) is 5.56 Å². The van der Waals surface area contributed by atoms with Crippen molar-refractivity contribution in [3.05, 3.63) is 65.5 Å². The molecule has 1 aliphatic heterocycles. The van der Waals surface area contributed by atoms with Gasteiger partial charge in [-0.2, -0.15) is 9.29 Å². The number of hydrogen-bond donors (Lipinski definition) is 0. The van der Waals surface area contributed by atoms with Crippen molar-refractivity contribution in [3.63, 3.8) is 0 Å². The Kier molecular flexibility index (Phi) is 4.99. The fourth-order valence-electron chi connectivity index (χ4n) is 3.20. The number of benzene rings is 2. The van der Waals surface area contributed by atoms with Crippen LogP contribution >= 0.6 is 11.6 Å². The fourth-order valence-corrected chi connectivity index (χ4v) is 4.80. The van der Waals surface area contributed by atoms with Crippen molar-refractivity contribution < 1.29 is 12.9 Å². The molecule has 140 valence electrons. The molecule has 2 heterocycles. The van der Waals surface area contributed by atoms with Crippen LogP contribution in [0.1, 0.15) is 24.7 Å². The van der Waals surface area contributed by atoms with Crippen molar-refractivity contribution >= 4 is 21.6 Å². The van der Waals surface area contributed by atoms with Gasteiger partial charge in [0.05, 0.1) is 4.90 Å². The van der Waals surface area contributed by atoms with E-state index in [1.165, 1.54) is 16.4 Å². The van der Waals surface area contributed by atoms with Crippen LogP contribution in [-0.4, -0.2) is 36.0 Å².